The van der Waals surface area contributed by atoms with Gasteiger partial charge in [0.15, 0.2) is 5.13 Å². The Hall–Kier alpha value is -2.08. The van der Waals surface area contributed by atoms with Gasteiger partial charge in [-0.05, 0) is 36.3 Å². The number of aromatic nitrogens is 1. The summed E-state index contributed by atoms with van der Waals surface area (Å²) in [5, 5.41) is 2.34. The zero-order valence-electron chi connectivity index (χ0n) is 15.4. The summed E-state index contributed by atoms with van der Waals surface area (Å²) < 4.78 is 1.03. The first-order valence-corrected chi connectivity index (χ1v) is 10.6. The largest absolute Gasteiger partial charge is 0.345 e. The monoisotopic (exact) mass is 431 g/mol. The topological polar surface area (TPSA) is 36.4 Å². The Balaban J connectivity index is 1.42. The van der Waals surface area contributed by atoms with E-state index < -0.39 is 0 Å². The van der Waals surface area contributed by atoms with Gasteiger partial charge in [0.2, 0.25) is 5.91 Å². The molecule has 4 rings (SSSR count). The molecule has 1 fully saturated rings. The molecule has 0 N–H and O–H groups in total. The summed E-state index contributed by atoms with van der Waals surface area (Å²) >= 11 is 14.1. The Morgan fingerprint density at radius 1 is 1.07 bits per heavy atom. The van der Waals surface area contributed by atoms with Crippen LogP contribution >= 0.6 is 34.5 Å². The Morgan fingerprint density at radius 2 is 1.82 bits per heavy atom. The van der Waals surface area contributed by atoms with Crippen LogP contribution in [0.3, 0.4) is 0 Å². The second kappa shape index (κ2) is 8.11. The normalized spacial score (nSPS) is 15.0. The lowest BCUT2D eigenvalue weighted by molar-refractivity contribution is -0.126. The zero-order valence-corrected chi connectivity index (χ0v) is 17.7. The average Bonchev–Trinajstić information content (AvgIpc) is 3.17. The van der Waals surface area contributed by atoms with Crippen molar-refractivity contribution >= 4 is 61.9 Å². The van der Waals surface area contributed by atoms with Crippen LogP contribution in [0.2, 0.25) is 10.0 Å². The highest BCUT2D eigenvalue weighted by molar-refractivity contribution is 7.22. The highest BCUT2D eigenvalue weighted by Gasteiger charge is 2.22. The molecule has 0 radical (unpaired) electrons. The molecule has 0 unspecified atom stereocenters. The second-order valence-corrected chi connectivity index (χ2v) is 8.50. The van der Waals surface area contributed by atoms with Crippen molar-refractivity contribution in [2.75, 3.05) is 31.1 Å². The Kier molecular flexibility index (Phi) is 5.58. The van der Waals surface area contributed by atoms with Crippen molar-refractivity contribution in [3.8, 4) is 0 Å². The number of piperazine rings is 1. The van der Waals surface area contributed by atoms with Gasteiger partial charge in [0.25, 0.3) is 0 Å². The van der Waals surface area contributed by atoms with E-state index in [4.69, 9.17) is 28.2 Å². The minimum absolute atomic E-state index is 0.00255. The summed E-state index contributed by atoms with van der Waals surface area (Å²) in [6, 6.07) is 11.4. The molecule has 1 aromatic heterocycles. The third-order valence-electron chi connectivity index (χ3n) is 4.86. The Bertz CT molecular complexity index is 1020. The van der Waals surface area contributed by atoms with Gasteiger partial charge in [-0.2, -0.15) is 0 Å². The summed E-state index contributed by atoms with van der Waals surface area (Å²) in [6.45, 7) is 4.87. The fraction of sp³-hybridized carbons (Fsp3) is 0.238. The van der Waals surface area contributed by atoms with E-state index in [1.54, 1.807) is 23.5 Å². The van der Waals surface area contributed by atoms with Crippen LogP contribution in [0, 0.1) is 6.92 Å². The van der Waals surface area contributed by atoms with Crippen LogP contribution in [0.5, 0.6) is 0 Å². The molecular formula is C21H19Cl2N3OS. The molecule has 1 aliphatic heterocycles. The van der Waals surface area contributed by atoms with E-state index in [0.29, 0.717) is 18.1 Å². The van der Waals surface area contributed by atoms with Gasteiger partial charge in [-0.15, -0.1) is 0 Å². The van der Waals surface area contributed by atoms with Crippen molar-refractivity contribution in [2.45, 2.75) is 6.92 Å². The lowest BCUT2D eigenvalue weighted by atomic mass is 10.2. The predicted molar refractivity (Wildman–Crippen MR) is 119 cm³/mol. The van der Waals surface area contributed by atoms with Crippen LogP contribution in [0.15, 0.2) is 42.5 Å². The maximum absolute atomic E-state index is 12.5. The van der Waals surface area contributed by atoms with Crippen molar-refractivity contribution in [1.82, 2.24) is 9.88 Å². The molecule has 4 nitrogen and oxygen atoms in total. The minimum Gasteiger partial charge on any atom is -0.345 e. The zero-order chi connectivity index (χ0) is 19.7. The Labute approximate surface area is 178 Å². The van der Waals surface area contributed by atoms with Gasteiger partial charge in [-0.1, -0.05) is 58.8 Å². The van der Waals surface area contributed by atoms with E-state index in [1.165, 1.54) is 0 Å². The summed E-state index contributed by atoms with van der Waals surface area (Å²) in [4.78, 5) is 21.4. The van der Waals surface area contributed by atoms with Crippen LogP contribution in [0.4, 0.5) is 5.13 Å². The first kappa shape index (κ1) is 19.2. The van der Waals surface area contributed by atoms with Gasteiger partial charge in [-0.25, -0.2) is 4.98 Å². The number of rotatable bonds is 3. The van der Waals surface area contributed by atoms with E-state index in [-0.39, 0.29) is 5.91 Å². The Morgan fingerprint density at radius 3 is 2.54 bits per heavy atom. The molecule has 28 heavy (non-hydrogen) atoms. The van der Waals surface area contributed by atoms with Gasteiger partial charge in [-0.3, -0.25) is 4.79 Å². The number of hydrogen-bond acceptors (Lipinski definition) is 4. The maximum Gasteiger partial charge on any atom is 0.246 e. The van der Waals surface area contributed by atoms with Crippen LogP contribution < -0.4 is 4.90 Å². The average molecular weight is 432 g/mol. The molecule has 0 aliphatic carbocycles. The number of thiazole rings is 1. The maximum atomic E-state index is 12.5. The number of nitrogens with zero attached hydrogens (tertiary/aromatic N) is 3. The lowest BCUT2D eigenvalue weighted by Crippen LogP contribution is -2.48. The number of hydrogen-bond donors (Lipinski definition) is 0. The van der Waals surface area contributed by atoms with Crippen molar-refractivity contribution in [2.24, 2.45) is 0 Å². The van der Waals surface area contributed by atoms with Crippen molar-refractivity contribution in [3.05, 3.63) is 63.6 Å². The van der Waals surface area contributed by atoms with Gasteiger partial charge >= 0.3 is 0 Å². The van der Waals surface area contributed by atoms with Gasteiger partial charge in [0.05, 0.1) is 15.2 Å². The van der Waals surface area contributed by atoms with Crippen molar-refractivity contribution in [3.63, 3.8) is 0 Å². The third kappa shape index (κ3) is 3.88. The number of benzene rings is 2. The fourth-order valence-electron chi connectivity index (χ4n) is 3.22. The molecule has 1 amide bonds. The number of amides is 1. The van der Waals surface area contributed by atoms with Crippen LogP contribution in [0.1, 0.15) is 11.1 Å². The molecule has 0 saturated carbocycles. The summed E-state index contributed by atoms with van der Waals surface area (Å²) in [6.07, 6.45) is 3.37. The molecule has 7 heteroatoms. The molecule has 1 saturated heterocycles. The summed E-state index contributed by atoms with van der Waals surface area (Å²) in [7, 11) is 0. The molecule has 3 aromatic rings. The number of anilines is 1. The van der Waals surface area contributed by atoms with Gasteiger partial charge < -0.3 is 9.80 Å². The fourth-order valence-corrected chi connectivity index (χ4v) is 4.79. The van der Waals surface area contributed by atoms with Crippen LogP contribution in [0.25, 0.3) is 16.3 Å². The second-order valence-electron chi connectivity index (χ2n) is 6.71. The summed E-state index contributed by atoms with van der Waals surface area (Å²) in [5.74, 6) is 0.00255. The number of halogens is 2. The van der Waals surface area contributed by atoms with E-state index in [0.717, 1.165) is 44.6 Å². The van der Waals surface area contributed by atoms with E-state index >= 15 is 0 Å². The SMILES string of the molecule is Cc1ccc(Cl)c2sc(N3CCN(C(=O)/C=C/c4ccccc4Cl)CC3)nc12. The highest BCUT2D eigenvalue weighted by Crippen LogP contribution is 2.35. The molecule has 2 aromatic carbocycles. The number of fused-ring (bicyclic) bond motifs is 1. The number of carbonyl (C=O) groups is 1. The summed E-state index contributed by atoms with van der Waals surface area (Å²) in [5.41, 5.74) is 2.94. The molecule has 144 valence electrons. The molecule has 0 bridgehead atoms. The first-order valence-electron chi connectivity index (χ1n) is 9.05. The smallest absolute Gasteiger partial charge is 0.246 e. The quantitative estimate of drug-likeness (QED) is 0.529. The first-order chi connectivity index (χ1) is 13.5. The number of aryl methyl sites for hydroxylation is 1. The molecule has 1 aliphatic rings. The van der Waals surface area contributed by atoms with E-state index in [9.17, 15) is 4.79 Å². The lowest BCUT2D eigenvalue weighted by Gasteiger charge is -2.34. The minimum atomic E-state index is 0.00255. The molecular weight excluding hydrogens is 413 g/mol. The van der Waals surface area contributed by atoms with Gasteiger partial charge in [0.1, 0.15) is 0 Å². The van der Waals surface area contributed by atoms with Gasteiger partial charge in [0, 0.05) is 37.3 Å². The predicted octanol–water partition coefficient (Wildman–Crippen LogP) is 5.27. The molecule has 0 atom stereocenters. The number of carbonyl (C=O) groups excluding carboxylic acids is 1. The third-order valence-corrected chi connectivity index (χ3v) is 6.78. The van der Waals surface area contributed by atoms with Crippen molar-refractivity contribution in [1.29, 1.82) is 0 Å². The van der Waals surface area contributed by atoms with E-state index in [1.807, 2.05) is 48.2 Å². The van der Waals surface area contributed by atoms with E-state index in [2.05, 4.69) is 4.90 Å². The van der Waals surface area contributed by atoms with Crippen LogP contribution in [-0.2, 0) is 4.79 Å². The van der Waals surface area contributed by atoms with Crippen molar-refractivity contribution < 1.29 is 4.79 Å². The standard InChI is InChI=1S/C21H19Cl2N3OS/c1-14-6-8-17(23)20-19(14)24-21(28-20)26-12-10-25(11-13-26)18(27)9-7-15-4-2-3-5-16(15)22/h2-9H,10-13H2,1H3/b9-7+. The van der Waals surface area contributed by atoms with Crippen LogP contribution in [-0.4, -0.2) is 42.0 Å². The molecule has 2 heterocycles. The highest BCUT2D eigenvalue weighted by atomic mass is 35.5. The molecule has 0 spiro atoms.